The maximum atomic E-state index is 11.3. The third-order valence-electron chi connectivity index (χ3n) is 2.54. The van der Waals surface area contributed by atoms with Crippen LogP contribution >= 0.6 is 0 Å². The number of nitrogens with one attached hydrogen (secondary N) is 2. The van der Waals surface area contributed by atoms with Gasteiger partial charge in [0.25, 0.3) is 0 Å². The molecule has 0 atom stereocenters. The van der Waals surface area contributed by atoms with Crippen LogP contribution in [0.5, 0.6) is 0 Å². The van der Waals surface area contributed by atoms with E-state index in [4.69, 9.17) is 5.26 Å². The highest BCUT2D eigenvalue weighted by molar-refractivity contribution is 5.77. The van der Waals surface area contributed by atoms with E-state index in [2.05, 4.69) is 16.7 Å². The molecule has 1 aromatic carbocycles. The van der Waals surface area contributed by atoms with Gasteiger partial charge in [0.05, 0.1) is 11.6 Å². The fraction of sp³-hybridized carbons (Fsp3) is 0.429. The predicted molar refractivity (Wildman–Crippen MR) is 70.7 cm³/mol. The summed E-state index contributed by atoms with van der Waals surface area (Å²) in [5, 5.41) is 14.7. The normalized spacial score (nSPS) is 10.1. The summed E-state index contributed by atoms with van der Waals surface area (Å²) in [6.45, 7) is 5.86. The van der Waals surface area contributed by atoms with Crippen LogP contribution in [0, 0.1) is 17.2 Å². The average molecular weight is 245 g/mol. The zero-order valence-electron chi connectivity index (χ0n) is 10.9. The first-order valence-electron chi connectivity index (χ1n) is 6.11. The topological polar surface area (TPSA) is 64.9 Å². The van der Waals surface area contributed by atoms with Gasteiger partial charge in [0, 0.05) is 25.6 Å². The van der Waals surface area contributed by atoms with Gasteiger partial charge in [0.2, 0.25) is 5.91 Å². The van der Waals surface area contributed by atoms with Crippen LogP contribution in [0.25, 0.3) is 0 Å². The minimum Gasteiger partial charge on any atom is -0.355 e. The van der Waals surface area contributed by atoms with Crippen LogP contribution in [0.3, 0.4) is 0 Å². The predicted octanol–water partition coefficient (Wildman–Crippen LogP) is 1.42. The van der Waals surface area contributed by atoms with E-state index >= 15 is 0 Å². The minimum absolute atomic E-state index is 0.0310. The van der Waals surface area contributed by atoms with Gasteiger partial charge in [-0.1, -0.05) is 26.0 Å². The molecule has 1 rings (SSSR count). The molecular weight excluding hydrogens is 226 g/mol. The van der Waals surface area contributed by atoms with Crippen LogP contribution in [-0.2, 0) is 11.3 Å². The molecule has 0 aromatic heterocycles. The largest absolute Gasteiger partial charge is 0.355 e. The number of nitrogens with zero attached hydrogens (tertiary/aromatic N) is 1. The Morgan fingerprint density at radius 2 is 1.94 bits per heavy atom. The fourth-order valence-corrected chi connectivity index (χ4v) is 1.41. The van der Waals surface area contributed by atoms with Gasteiger partial charge < -0.3 is 10.6 Å². The Morgan fingerprint density at radius 1 is 1.28 bits per heavy atom. The summed E-state index contributed by atoms with van der Waals surface area (Å²) in [6, 6.07) is 9.55. The molecule has 18 heavy (non-hydrogen) atoms. The first-order chi connectivity index (χ1) is 8.63. The molecule has 4 heteroatoms. The number of benzene rings is 1. The average Bonchev–Trinajstić information content (AvgIpc) is 2.38. The van der Waals surface area contributed by atoms with E-state index in [0.717, 1.165) is 18.7 Å². The third-order valence-corrected chi connectivity index (χ3v) is 2.54. The molecule has 0 fully saturated rings. The lowest BCUT2D eigenvalue weighted by Crippen LogP contribution is -2.34. The van der Waals surface area contributed by atoms with Gasteiger partial charge in [0.1, 0.15) is 0 Å². The molecule has 0 unspecified atom stereocenters. The van der Waals surface area contributed by atoms with Crippen LogP contribution < -0.4 is 10.6 Å². The maximum absolute atomic E-state index is 11.3. The number of rotatable bonds is 6. The summed E-state index contributed by atoms with van der Waals surface area (Å²) in [5.41, 5.74) is 1.80. The first-order valence-corrected chi connectivity index (χ1v) is 6.11. The Hall–Kier alpha value is -1.86. The van der Waals surface area contributed by atoms with Crippen LogP contribution in [0.2, 0.25) is 0 Å². The van der Waals surface area contributed by atoms with Crippen molar-refractivity contribution in [1.82, 2.24) is 10.6 Å². The summed E-state index contributed by atoms with van der Waals surface area (Å²) < 4.78 is 0. The Labute approximate surface area is 108 Å². The maximum Gasteiger partial charge on any atom is 0.222 e. The van der Waals surface area contributed by atoms with Crippen molar-refractivity contribution in [3.05, 3.63) is 35.4 Å². The van der Waals surface area contributed by atoms with Gasteiger partial charge in [-0.05, 0) is 17.7 Å². The molecule has 0 heterocycles. The minimum atomic E-state index is 0.0310. The zero-order chi connectivity index (χ0) is 13.4. The van der Waals surface area contributed by atoms with Crippen molar-refractivity contribution in [2.24, 2.45) is 5.92 Å². The number of hydrogen-bond acceptors (Lipinski definition) is 3. The van der Waals surface area contributed by atoms with E-state index in [9.17, 15) is 4.79 Å². The molecule has 0 aliphatic heterocycles. The number of nitriles is 1. The summed E-state index contributed by atoms with van der Waals surface area (Å²) >= 11 is 0. The lowest BCUT2D eigenvalue weighted by molar-refractivity contribution is -0.123. The van der Waals surface area contributed by atoms with Crippen molar-refractivity contribution in [3.8, 4) is 6.07 Å². The Morgan fingerprint density at radius 3 is 2.50 bits per heavy atom. The standard InChI is InChI=1S/C14H19N3O/c1-11(2)14(18)17-8-7-16-10-13-5-3-12(9-15)4-6-13/h3-6,11,16H,7-8,10H2,1-2H3,(H,17,18). The van der Waals surface area contributed by atoms with Crippen molar-refractivity contribution in [2.45, 2.75) is 20.4 Å². The molecule has 0 bridgehead atoms. The summed E-state index contributed by atoms with van der Waals surface area (Å²) in [5.74, 6) is 0.110. The lowest BCUT2D eigenvalue weighted by Gasteiger charge is -2.08. The van der Waals surface area contributed by atoms with Gasteiger partial charge >= 0.3 is 0 Å². The highest BCUT2D eigenvalue weighted by Crippen LogP contribution is 2.02. The van der Waals surface area contributed by atoms with Gasteiger partial charge in [0.15, 0.2) is 0 Å². The van der Waals surface area contributed by atoms with Crippen molar-refractivity contribution >= 4 is 5.91 Å². The highest BCUT2D eigenvalue weighted by Gasteiger charge is 2.04. The Kier molecular flexibility index (Phi) is 5.89. The van der Waals surface area contributed by atoms with Gasteiger partial charge in [-0.15, -0.1) is 0 Å². The second-order valence-electron chi connectivity index (χ2n) is 4.43. The van der Waals surface area contributed by atoms with Crippen LogP contribution in [0.4, 0.5) is 0 Å². The van der Waals surface area contributed by atoms with Crippen LogP contribution in [0.15, 0.2) is 24.3 Å². The van der Waals surface area contributed by atoms with Gasteiger partial charge in [-0.2, -0.15) is 5.26 Å². The Bertz CT molecular complexity index is 418. The lowest BCUT2D eigenvalue weighted by atomic mass is 10.1. The molecule has 0 saturated carbocycles. The second-order valence-corrected chi connectivity index (χ2v) is 4.43. The van der Waals surface area contributed by atoms with Gasteiger partial charge in [-0.25, -0.2) is 0 Å². The Balaban J connectivity index is 2.18. The third kappa shape index (κ3) is 4.98. The summed E-state index contributed by atoms with van der Waals surface area (Å²) in [4.78, 5) is 11.3. The number of hydrogen-bond donors (Lipinski definition) is 2. The molecule has 1 aromatic rings. The summed E-state index contributed by atoms with van der Waals surface area (Å²) in [6.07, 6.45) is 0. The molecule has 0 saturated heterocycles. The van der Waals surface area contributed by atoms with E-state index in [-0.39, 0.29) is 11.8 Å². The number of carbonyl (C=O) groups excluding carboxylic acids is 1. The number of amides is 1. The smallest absolute Gasteiger partial charge is 0.222 e. The molecule has 4 nitrogen and oxygen atoms in total. The zero-order valence-corrected chi connectivity index (χ0v) is 10.9. The monoisotopic (exact) mass is 245 g/mol. The summed E-state index contributed by atoms with van der Waals surface area (Å²) in [7, 11) is 0. The first kappa shape index (κ1) is 14.2. The molecular formula is C14H19N3O. The van der Waals surface area contributed by atoms with E-state index in [0.29, 0.717) is 12.1 Å². The molecule has 96 valence electrons. The van der Waals surface area contributed by atoms with Gasteiger partial charge in [-0.3, -0.25) is 4.79 Å². The molecule has 0 radical (unpaired) electrons. The molecule has 2 N–H and O–H groups in total. The SMILES string of the molecule is CC(C)C(=O)NCCNCc1ccc(C#N)cc1. The van der Waals surface area contributed by atoms with Crippen molar-refractivity contribution in [1.29, 1.82) is 5.26 Å². The van der Waals surface area contributed by atoms with E-state index in [1.165, 1.54) is 0 Å². The molecule has 1 amide bonds. The van der Waals surface area contributed by atoms with Crippen LogP contribution in [0.1, 0.15) is 25.0 Å². The molecule has 0 spiro atoms. The molecule has 0 aliphatic carbocycles. The molecule has 0 aliphatic rings. The van der Waals surface area contributed by atoms with Crippen molar-refractivity contribution in [3.63, 3.8) is 0 Å². The van der Waals surface area contributed by atoms with Crippen molar-refractivity contribution in [2.75, 3.05) is 13.1 Å². The number of carbonyl (C=O) groups is 1. The van der Waals surface area contributed by atoms with E-state index < -0.39 is 0 Å². The highest BCUT2D eigenvalue weighted by atomic mass is 16.1. The van der Waals surface area contributed by atoms with Crippen LogP contribution in [-0.4, -0.2) is 19.0 Å². The van der Waals surface area contributed by atoms with E-state index in [1.807, 2.05) is 26.0 Å². The van der Waals surface area contributed by atoms with E-state index in [1.54, 1.807) is 12.1 Å². The fourth-order valence-electron chi connectivity index (χ4n) is 1.41. The quantitative estimate of drug-likeness (QED) is 0.745. The second kappa shape index (κ2) is 7.46. The van der Waals surface area contributed by atoms with Crippen molar-refractivity contribution < 1.29 is 4.79 Å².